The molecule has 2 bridgehead atoms. The molecule has 11 heavy (non-hydrogen) atoms. The minimum atomic E-state index is -0.215. The summed E-state index contributed by atoms with van der Waals surface area (Å²) < 4.78 is -0.141. The third-order valence-electron chi connectivity index (χ3n) is 3.65. The second-order valence-corrected chi connectivity index (χ2v) is 5.71. The summed E-state index contributed by atoms with van der Waals surface area (Å²) >= 11 is 1.84. The largest absolute Gasteiger partial charge is 0.395 e. The van der Waals surface area contributed by atoms with Crippen molar-refractivity contribution in [2.24, 2.45) is 11.8 Å². The Morgan fingerprint density at radius 1 is 1.55 bits per heavy atom. The Hall–Kier alpha value is 0.270. The number of thioether (sulfide) groups is 1. The number of rotatable bonds is 1. The van der Waals surface area contributed by atoms with Gasteiger partial charge in [0.1, 0.15) is 0 Å². The van der Waals surface area contributed by atoms with Crippen molar-refractivity contribution in [1.82, 2.24) is 0 Å². The highest BCUT2D eigenvalue weighted by Gasteiger charge is 2.67. The molecule has 62 valence electrons. The molecule has 5 atom stereocenters. The Labute approximate surface area is 70.0 Å². The van der Waals surface area contributed by atoms with E-state index in [9.17, 15) is 10.2 Å². The van der Waals surface area contributed by atoms with E-state index in [2.05, 4.69) is 0 Å². The molecule has 2 nitrogen and oxygen atoms in total. The Balaban J connectivity index is 1.98. The topological polar surface area (TPSA) is 40.5 Å². The van der Waals surface area contributed by atoms with E-state index in [1.54, 1.807) is 0 Å². The first-order valence-electron chi connectivity index (χ1n) is 4.23. The minimum absolute atomic E-state index is 0.141. The van der Waals surface area contributed by atoms with Gasteiger partial charge in [0.2, 0.25) is 0 Å². The molecule has 2 saturated heterocycles. The van der Waals surface area contributed by atoms with Gasteiger partial charge in [0, 0.05) is 5.25 Å². The van der Waals surface area contributed by atoms with Gasteiger partial charge in [0.15, 0.2) is 0 Å². The zero-order valence-corrected chi connectivity index (χ0v) is 7.05. The highest BCUT2D eigenvalue weighted by atomic mass is 32.2. The maximum absolute atomic E-state index is 9.80. The molecule has 0 spiro atoms. The van der Waals surface area contributed by atoms with E-state index in [0.717, 1.165) is 12.3 Å². The van der Waals surface area contributed by atoms with Gasteiger partial charge in [-0.2, -0.15) is 0 Å². The molecule has 0 amide bonds. The third-order valence-corrected chi connectivity index (χ3v) is 5.67. The van der Waals surface area contributed by atoms with E-state index >= 15 is 0 Å². The van der Waals surface area contributed by atoms with Crippen molar-refractivity contribution >= 4 is 11.8 Å². The van der Waals surface area contributed by atoms with Gasteiger partial charge in [-0.15, -0.1) is 11.8 Å². The summed E-state index contributed by atoms with van der Waals surface area (Å²) in [7, 11) is 0. The third kappa shape index (κ3) is 0.565. The maximum atomic E-state index is 9.80. The van der Waals surface area contributed by atoms with Crippen molar-refractivity contribution in [1.29, 1.82) is 0 Å². The molecule has 3 heteroatoms. The minimum Gasteiger partial charge on any atom is -0.395 e. The highest BCUT2D eigenvalue weighted by Crippen LogP contribution is 2.68. The van der Waals surface area contributed by atoms with Crippen molar-refractivity contribution in [3.05, 3.63) is 0 Å². The fraction of sp³-hybridized carbons (Fsp3) is 1.00. The molecule has 5 unspecified atom stereocenters. The molecule has 0 radical (unpaired) electrons. The zero-order chi connectivity index (χ0) is 7.64. The normalized spacial score (nSPS) is 64.9. The molecule has 1 saturated carbocycles. The Morgan fingerprint density at radius 3 is 2.73 bits per heavy atom. The molecule has 1 aliphatic carbocycles. The van der Waals surface area contributed by atoms with E-state index in [4.69, 9.17) is 0 Å². The first-order valence-corrected chi connectivity index (χ1v) is 5.11. The zero-order valence-electron chi connectivity index (χ0n) is 6.23. The van der Waals surface area contributed by atoms with Crippen LogP contribution in [0.25, 0.3) is 0 Å². The molecule has 0 aromatic carbocycles. The summed E-state index contributed by atoms with van der Waals surface area (Å²) in [6.45, 7) is 0.169. The molecule has 3 rings (SSSR count). The number of hydrogen-bond donors (Lipinski definition) is 2. The lowest BCUT2D eigenvalue weighted by atomic mass is 9.60. The van der Waals surface area contributed by atoms with Crippen LogP contribution in [0.2, 0.25) is 0 Å². The van der Waals surface area contributed by atoms with E-state index in [1.807, 2.05) is 11.8 Å². The molecular formula is C8H12O2S. The summed E-state index contributed by atoms with van der Waals surface area (Å²) in [5.74, 6) is 1.34. The van der Waals surface area contributed by atoms with Gasteiger partial charge < -0.3 is 10.2 Å². The van der Waals surface area contributed by atoms with Crippen molar-refractivity contribution < 1.29 is 10.2 Å². The summed E-state index contributed by atoms with van der Waals surface area (Å²) in [5.41, 5.74) is 0. The van der Waals surface area contributed by atoms with Gasteiger partial charge in [0.05, 0.1) is 17.5 Å². The average molecular weight is 172 g/mol. The van der Waals surface area contributed by atoms with Crippen LogP contribution in [0.1, 0.15) is 12.8 Å². The fourth-order valence-electron chi connectivity index (χ4n) is 3.00. The first kappa shape index (κ1) is 6.75. The molecule has 3 aliphatic rings. The standard InChI is InChI=1S/C8H12O2S/c9-3-8-2-4-1-5(7(8)10)6(4)11-8/h4-7,9-10H,1-3H2. The predicted octanol–water partition coefficient (Wildman–Crippen LogP) is 0.234. The quantitative estimate of drug-likeness (QED) is 0.595. The van der Waals surface area contributed by atoms with Crippen molar-refractivity contribution in [3.8, 4) is 0 Å². The van der Waals surface area contributed by atoms with Crippen molar-refractivity contribution in [2.45, 2.75) is 28.9 Å². The van der Waals surface area contributed by atoms with Crippen LogP contribution in [0.15, 0.2) is 0 Å². The van der Waals surface area contributed by atoms with Crippen molar-refractivity contribution in [3.63, 3.8) is 0 Å². The van der Waals surface area contributed by atoms with Gasteiger partial charge in [-0.3, -0.25) is 0 Å². The van der Waals surface area contributed by atoms with Gasteiger partial charge >= 0.3 is 0 Å². The second-order valence-electron chi connectivity index (χ2n) is 4.11. The van der Waals surface area contributed by atoms with Crippen LogP contribution in [0, 0.1) is 11.8 Å². The highest BCUT2D eigenvalue weighted by molar-refractivity contribution is 8.02. The van der Waals surface area contributed by atoms with Crippen LogP contribution in [-0.2, 0) is 0 Å². The smallest absolute Gasteiger partial charge is 0.0748 e. The van der Waals surface area contributed by atoms with E-state index < -0.39 is 0 Å². The fourth-order valence-corrected chi connectivity index (χ4v) is 5.08. The van der Waals surface area contributed by atoms with Crippen LogP contribution < -0.4 is 0 Å². The van der Waals surface area contributed by atoms with E-state index in [-0.39, 0.29) is 17.5 Å². The molecule has 2 heterocycles. The SMILES string of the molecule is OCC12CC3CC(C3S1)C2O. The predicted molar refractivity (Wildman–Crippen MR) is 43.4 cm³/mol. The van der Waals surface area contributed by atoms with Crippen molar-refractivity contribution in [2.75, 3.05) is 6.61 Å². The Kier molecular flexibility index (Phi) is 1.09. The number of aliphatic hydroxyl groups is 2. The van der Waals surface area contributed by atoms with E-state index in [0.29, 0.717) is 11.2 Å². The lowest BCUT2D eigenvalue weighted by Gasteiger charge is -2.46. The number of hydrogen-bond acceptors (Lipinski definition) is 3. The van der Waals surface area contributed by atoms with Crippen LogP contribution >= 0.6 is 11.8 Å². The summed E-state index contributed by atoms with van der Waals surface area (Å²) in [6, 6.07) is 0. The van der Waals surface area contributed by atoms with Gasteiger partial charge in [-0.25, -0.2) is 0 Å². The summed E-state index contributed by atoms with van der Waals surface area (Å²) in [6.07, 6.45) is 2.05. The molecular weight excluding hydrogens is 160 g/mol. The van der Waals surface area contributed by atoms with Crippen LogP contribution in [0.5, 0.6) is 0 Å². The molecule has 2 N–H and O–H groups in total. The summed E-state index contributed by atoms with van der Waals surface area (Å²) in [5, 5.41) is 19.7. The maximum Gasteiger partial charge on any atom is 0.0748 e. The molecule has 0 aromatic heterocycles. The first-order chi connectivity index (χ1) is 5.27. The Bertz CT molecular complexity index is 204. The number of fused-ring (bicyclic) bond motifs is 1. The van der Waals surface area contributed by atoms with Crippen LogP contribution in [0.3, 0.4) is 0 Å². The molecule has 3 fully saturated rings. The lowest BCUT2D eigenvalue weighted by Crippen LogP contribution is -2.53. The summed E-state index contributed by atoms with van der Waals surface area (Å²) in [4.78, 5) is 0. The monoisotopic (exact) mass is 172 g/mol. The lowest BCUT2D eigenvalue weighted by molar-refractivity contribution is -0.0422. The van der Waals surface area contributed by atoms with Crippen LogP contribution in [0.4, 0.5) is 0 Å². The van der Waals surface area contributed by atoms with Gasteiger partial charge in [0.25, 0.3) is 0 Å². The second kappa shape index (κ2) is 1.78. The van der Waals surface area contributed by atoms with E-state index in [1.165, 1.54) is 6.42 Å². The van der Waals surface area contributed by atoms with Gasteiger partial charge in [-0.1, -0.05) is 0 Å². The Morgan fingerprint density at radius 2 is 2.36 bits per heavy atom. The van der Waals surface area contributed by atoms with Gasteiger partial charge in [-0.05, 0) is 24.7 Å². The molecule has 2 aliphatic heterocycles. The van der Waals surface area contributed by atoms with Crippen LogP contribution in [-0.4, -0.2) is 32.9 Å². The molecule has 0 aromatic rings. The average Bonchev–Trinajstić information content (AvgIpc) is 2.38. The number of aliphatic hydroxyl groups excluding tert-OH is 2.